The molecule has 0 aliphatic rings. The van der Waals surface area contributed by atoms with E-state index in [0.29, 0.717) is 22.6 Å². The molecule has 0 saturated heterocycles. The smallest absolute Gasteiger partial charge is 0.127 e. The van der Waals surface area contributed by atoms with E-state index in [0.717, 1.165) is 22.5 Å². The highest BCUT2D eigenvalue weighted by atomic mass is 16.5. The molecule has 164 valence electrons. The Labute approximate surface area is 193 Å². The molecule has 4 aromatic carbocycles. The van der Waals surface area contributed by atoms with E-state index >= 15 is 0 Å². The SMILES string of the molecule is Cc1ccc(O)c(C=Nc2ccc(Oc3ccc(N=Cc4cc(C)ccc4O)cc3)cc2)c1. The van der Waals surface area contributed by atoms with E-state index in [9.17, 15) is 10.2 Å². The van der Waals surface area contributed by atoms with Crippen LogP contribution in [0.1, 0.15) is 22.3 Å². The standard InChI is InChI=1S/C28H24N2O3/c1-19-3-13-27(31)21(15-19)17-29-23-5-9-25(10-6-23)33-26-11-7-24(8-12-26)30-18-22-16-20(2)4-14-28(22)32/h3-18,31-32H,1-2H3. The van der Waals surface area contributed by atoms with Crippen molar-refractivity contribution in [3.63, 3.8) is 0 Å². The highest BCUT2D eigenvalue weighted by Crippen LogP contribution is 2.27. The number of phenolic OH excluding ortho intramolecular Hbond substituents is 2. The number of hydrogen-bond donors (Lipinski definition) is 2. The number of rotatable bonds is 6. The van der Waals surface area contributed by atoms with Crippen LogP contribution in [-0.2, 0) is 0 Å². The number of hydrogen-bond acceptors (Lipinski definition) is 5. The summed E-state index contributed by atoms with van der Waals surface area (Å²) in [4.78, 5) is 8.84. The molecule has 0 heterocycles. The molecule has 0 amide bonds. The molecule has 0 saturated carbocycles. The van der Waals surface area contributed by atoms with Gasteiger partial charge in [-0.3, -0.25) is 9.98 Å². The third-order valence-corrected chi connectivity index (χ3v) is 4.98. The van der Waals surface area contributed by atoms with Gasteiger partial charge in [-0.25, -0.2) is 0 Å². The van der Waals surface area contributed by atoms with Crippen molar-refractivity contribution in [2.45, 2.75) is 13.8 Å². The van der Waals surface area contributed by atoms with Gasteiger partial charge >= 0.3 is 0 Å². The minimum Gasteiger partial charge on any atom is -0.507 e. The van der Waals surface area contributed by atoms with Gasteiger partial charge in [0.1, 0.15) is 23.0 Å². The third kappa shape index (κ3) is 5.86. The van der Waals surface area contributed by atoms with Crippen LogP contribution in [0.5, 0.6) is 23.0 Å². The summed E-state index contributed by atoms with van der Waals surface area (Å²) in [6.45, 7) is 3.94. The molecule has 0 aliphatic heterocycles. The van der Waals surface area contributed by atoms with Gasteiger partial charge in [0.25, 0.3) is 0 Å². The number of aryl methyl sites for hydroxylation is 2. The van der Waals surface area contributed by atoms with Crippen LogP contribution in [-0.4, -0.2) is 22.6 Å². The lowest BCUT2D eigenvalue weighted by atomic mass is 10.1. The van der Waals surface area contributed by atoms with Crippen LogP contribution in [0.4, 0.5) is 11.4 Å². The van der Waals surface area contributed by atoms with Crippen LogP contribution in [0.3, 0.4) is 0 Å². The van der Waals surface area contributed by atoms with Crippen molar-refractivity contribution in [2.24, 2.45) is 9.98 Å². The average molecular weight is 437 g/mol. The molecule has 0 bridgehead atoms. The molecule has 0 radical (unpaired) electrons. The molecule has 2 N–H and O–H groups in total. The van der Waals surface area contributed by atoms with Gasteiger partial charge in [0.15, 0.2) is 0 Å². The second-order valence-corrected chi connectivity index (χ2v) is 7.73. The van der Waals surface area contributed by atoms with Gasteiger partial charge in [0, 0.05) is 23.6 Å². The summed E-state index contributed by atoms with van der Waals surface area (Å²) in [5.74, 6) is 1.78. The first-order valence-corrected chi connectivity index (χ1v) is 10.5. The average Bonchev–Trinajstić information content (AvgIpc) is 2.82. The van der Waals surface area contributed by atoms with Crippen molar-refractivity contribution >= 4 is 23.8 Å². The molecular weight excluding hydrogens is 412 g/mol. The van der Waals surface area contributed by atoms with E-state index in [1.165, 1.54) is 0 Å². The molecule has 33 heavy (non-hydrogen) atoms. The summed E-state index contributed by atoms with van der Waals surface area (Å²) in [6.07, 6.45) is 3.29. The number of aromatic hydroxyl groups is 2. The Hall–Kier alpha value is -4.38. The molecule has 0 spiro atoms. The quantitative estimate of drug-likeness (QED) is 0.319. The van der Waals surface area contributed by atoms with Crippen molar-refractivity contribution in [1.82, 2.24) is 0 Å². The molecule has 5 nitrogen and oxygen atoms in total. The Bertz CT molecular complexity index is 1210. The summed E-state index contributed by atoms with van der Waals surface area (Å²) < 4.78 is 5.90. The van der Waals surface area contributed by atoms with Crippen LogP contribution in [0.2, 0.25) is 0 Å². The maximum Gasteiger partial charge on any atom is 0.127 e. The molecule has 0 aromatic heterocycles. The zero-order chi connectivity index (χ0) is 23.2. The van der Waals surface area contributed by atoms with Crippen molar-refractivity contribution in [3.8, 4) is 23.0 Å². The molecule has 4 rings (SSSR count). The first-order valence-electron chi connectivity index (χ1n) is 10.5. The lowest BCUT2D eigenvalue weighted by Gasteiger charge is -2.06. The van der Waals surface area contributed by atoms with Crippen LogP contribution in [0.15, 0.2) is 94.9 Å². The van der Waals surface area contributed by atoms with Crippen molar-refractivity contribution in [3.05, 3.63) is 107 Å². The number of ether oxygens (including phenoxy) is 1. The summed E-state index contributed by atoms with van der Waals surface area (Å²) in [6, 6.07) is 25.6. The van der Waals surface area contributed by atoms with Crippen LogP contribution in [0.25, 0.3) is 0 Å². The van der Waals surface area contributed by atoms with Crippen LogP contribution < -0.4 is 4.74 Å². The molecule has 0 fully saturated rings. The molecule has 5 heteroatoms. The van der Waals surface area contributed by atoms with E-state index in [4.69, 9.17) is 4.74 Å². The van der Waals surface area contributed by atoms with Crippen molar-refractivity contribution < 1.29 is 14.9 Å². The molecule has 4 aromatic rings. The van der Waals surface area contributed by atoms with E-state index in [1.54, 1.807) is 24.6 Å². The second kappa shape index (κ2) is 9.83. The molecule has 0 atom stereocenters. The first kappa shape index (κ1) is 21.8. The van der Waals surface area contributed by atoms with Gasteiger partial charge in [-0.05, 0) is 86.6 Å². The number of nitrogens with zero attached hydrogens (tertiary/aromatic N) is 2. The zero-order valence-corrected chi connectivity index (χ0v) is 18.4. The lowest BCUT2D eigenvalue weighted by molar-refractivity contribution is 0.474. The fraction of sp³-hybridized carbons (Fsp3) is 0.0714. The molecular formula is C28H24N2O3. The van der Waals surface area contributed by atoms with Gasteiger partial charge < -0.3 is 14.9 Å². The van der Waals surface area contributed by atoms with E-state index < -0.39 is 0 Å². The van der Waals surface area contributed by atoms with E-state index in [1.807, 2.05) is 86.6 Å². The van der Waals surface area contributed by atoms with Crippen LogP contribution >= 0.6 is 0 Å². The minimum atomic E-state index is 0.202. The minimum absolute atomic E-state index is 0.202. The summed E-state index contributed by atoms with van der Waals surface area (Å²) >= 11 is 0. The predicted molar refractivity (Wildman–Crippen MR) is 133 cm³/mol. The maximum atomic E-state index is 9.92. The van der Waals surface area contributed by atoms with Gasteiger partial charge in [0.05, 0.1) is 11.4 Å². The Kier molecular flexibility index (Phi) is 6.51. The Morgan fingerprint density at radius 3 is 1.36 bits per heavy atom. The first-order chi connectivity index (χ1) is 16.0. The largest absolute Gasteiger partial charge is 0.507 e. The van der Waals surface area contributed by atoms with Gasteiger partial charge in [0.2, 0.25) is 0 Å². The fourth-order valence-corrected chi connectivity index (χ4v) is 3.18. The Balaban J connectivity index is 1.39. The molecule has 0 unspecified atom stereocenters. The summed E-state index contributed by atoms with van der Waals surface area (Å²) in [5, 5.41) is 19.8. The summed E-state index contributed by atoms with van der Waals surface area (Å²) in [7, 11) is 0. The fourth-order valence-electron chi connectivity index (χ4n) is 3.18. The monoisotopic (exact) mass is 436 g/mol. The van der Waals surface area contributed by atoms with E-state index in [-0.39, 0.29) is 11.5 Å². The van der Waals surface area contributed by atoms with Gasteiger partial charge in [-0.2, -0.15) is 0 Å². The topological polar surface area (TPSA) is 74.4 Å². The number of benzene rings is 4. The Morgan fingerprint density at radius 2 is 0.970 bits per heavy atom. The zero-order valence-electron chi connectivity index (χ0n) is 18.4. The molecule has 0 aliphatic carbocycles. The maximum absolute atomic E-state index is 9.92. The lowest BCUT2D eigenvalue weighted by Crippen LogP contribution is -1.85. The Morgan fingerprint density at radius 1 is 0.576 bits per heavy atom. The van der Waals surface area contributed by atoms with Crippen LogP contribution in [0, 0.1) is 13.8 Å². The normalized spacial score (nSPS) is 11.3. The number of phenols is 2. The second-order valence-electron chi connectivity index (χ2n) is 7.73. The van der Waals surface area contributed by atoms with Gasteiger partial charge in [-0.15, -0.1) is 0 Å². The van der Waals surface area contributed by atoms with Gasteiger partial charge in [-0.1, -0.05) is 23.3 Å². The summed E-state index contributed by atoms with van der Waals surface area (Å²) in [5.41, 5.74) is 4.98. The van der Waals surface area contributed by atoms with E-state index in [2.05, 4.69) is 9.98 Å². The van der Waals surface area contributed by atoms with Crippen molar-refractivity contribution in [1.29, 1.82) is 0 Å². The highest BCUT2D eigenvalue weighted by molar-refractivity contribution is 5.86. The number of aliphatic imine (C=N–C) groups is 2. The highest BCUT2D eigenvalue weighted by Gasteiger charge is 2.01. The predicted octanol–water partition coefficient (Wildman–Crippen LogP) is 7.01. The van der Waals surface area contributed by atoms with Crippen molar-refractivity contribution in [2.75, 3.05) is 0 Å². The third-order valence-electron chi connectivity index (χ3n) is 4.98.